The zero-order chi connectivity index (χ0) is 22.4. The van der Waals surface area contributed by atoms with Crippen molar-refractivity contribution in [2.45, 2.75) is 58.3 Å². The van der Waals surface area contributed by atoms with Gasteiger partial charge in [0.05, 0.1) is 12.6 Å². The number of benzene rings is 1. The normalized spacial score (nSPS) is 22.5. The molecule has 0 radical (unpaired) electrons. The first-order chi connectivity index (χ1) is 14.6. The summed E-state index contributed by atoms with van der Waals surface area (Å²) >= 11 is 0. The van der Waals surface area contributed by atoms with E-state index in [4.69, 9.17) is 11.3 Å². The molecule has 0 saturated heterocycles. The molecule has 1 aromatic rings. The fourth-order valence-electron chi connectivity index (χ4n) is 4.77. The minimum atomic E-state index is 0.0790. The molecule has 3 aliphatic heterocycles. The van der Waals surface area contributed by atoms with Gasteiger partial charge in [0.15, 0.2) is 0 Å². The van der Waals surface area contributed by atoms with E-state index in [1.165, 1.54) is 16.8 Å². The molecule has 0 saturated carbocycles. The molecule has 3 aliphatic rings. The van der Waals surface area contributed by atoms with E-state index in [9.17, 15) is 5.26 Å². The minimum absolute atomic E-state index is 0.0790. The van der Waals surface area contributed by atoms with Gasteiger partial charge in [-0.05, 0) is 83.2 Å². The second-order valence-corrected chi connectivity index (χ2v) is 9.98. The molecule has 0 N–H and O–H groups in total. The van der Waals surface area contributed by atoms with Crippen molar-refractivity contribution in [3.63, 3.8) is 0 Å². The van der Waals surface area contributed by atoms with E-state index in [2.05, 4.69) is 55.6 Å². The molecule has 0 aliphatic carbocycles. The van der Waals surface area contributed by atoms with Crippen LogP contribution in [0.3, 0.4) is 0 Å². The fourth-order valence-corrected chi connectivity index (χ4v) is 4.77. The van der Waals surface area contributed by atoms with Crippen molar-refractivity contribution in [2.75, 3.05) is 18.0 Å². The Hall–Kier alpha value is -3.24. The van der Waals surface area contributed by atoms with Crippen molar-refractivity contribution in [3.05, 3.63) is 81.3 Å². The Balaban J connectivity index is 1.77. The number of allylic oxidation sites excluding steroid dienone is 6. The molecular formula is C27H29N3O. The van der Waals surface area contributed by atoms with E-state index < -0.39 is 0 Å². The minimum Gasteiger partial charge on any atom is -0.462 e. The summed E-state index contributed by atoms with van der Waals surface area (Å²) < 4.78 is 5.84. The van der Waals surface area contributed by atoms with Crippen molar-refractivity contribution in [2.24, 2.45) is 0 Å². The second kappa shape index (κ2) is 7.47. The third-order valence-corrected chi connectivity index (χ3v) is 6.79. The maximum Gasteiger partial charge on any atom is 0.269 e. The molecule has 0 spiro atoms. The van der Waals surface area contributed by atoms with E-state index in [1.807, 2.05) is 19.1 Å². The van der Waals surface area contributed by atoms with Gasteiger partial charge in [-0.15, -0.1) is 0 Å². The summed E-state index contributed by atoms with van der Waals surface area (Å²) in [6.07, 6.45) is 9.84. The Labute approximate surface area is 185 Å². The SMILES string of the molecule is [C-]#[N+]/C(C#N)=C1\C=C(C)OC(/C=C/c2cc3c4c(c2)C(C)(C)CCN4CCC3(C)C)=C1. The molecule has 0 amide bonds. The maximum absolute atomic E-state index is 9.21. The average Bonchev–Trinajstić information content (AvgIpc) is 2.71. The van der Waals surface area contributed by atoms with E-state index in [0.29, 0.717) is 17.1 Å². The molecule has 3 heterocycles. The van der Waals surface area contributed by atoms with Crippen molar-refractivity contribution >= 4 is 11.8 Å². The van der Waals surface area contributed by atoms with Gasteiger partial charge in [0.2, 0.25) is 0 Å². The lowest BCUT2D eigenvalue weighted by atomic mass is 9.69. The monoisotopic (exact) mass is 411 g/mol. The lowest BCUT2D eigenvalue weighted by Gasteiger charge is -2.48. The number of nitrogens with zero attached hydrogens (tertiary/aromatic N) is 3. The van der Waals surface area contributed by atoms with Crippen LogP contribution >= 0.6 is 0 Å². The lowest BCUT2D eigenvalue weighted by molar-refractivity contribution is 0.318. The summed E-state index contributed by atoms with van der Waals surface area (Å²) in [5.74, 6) is 1.31. The third kappa shape index (κ3) is 3.79. The standard InChI is InChI=1S/C27H29N3O/c1-18-13-20(24(17-28)29-6)16-21(31-18)8-7-19-14-22-25-23(15-19)27(4,5)10-12-30(25)11-9-26(22,2)3/h7-8,13-16H,9-12H2,1-5H3/b8-7+,24-20+. The Kier molecular flexibility index (Phi) is 5.06. The number of anilines is 1. The predicted octanol–water partition coefficient (Wildman–Crippen LogP) is 6.38. The van der Waals surface area contributed by atoms with Crippen LogP contribution in [0.1, 0.15) is 64.2 Å². The van der Waals surface area contributed by atoms with Crippen molar-refractivity contribution in [1.29, 1.82) is 5.26 Å². The van der Waals surface area contributed by atoms with Crippen LogP contribution in [-0.4, -0.2) is 13.1 Å². The molecular weight excluding hydrogens is 382 g/mol. The zero-order valence-electron chi connectivity index (χ0n) is 19.0. The number of hydrogen-bond donors (Lipinski definition) is 0. The van der Waals surface area contributed by atoms with Crippen LogP contribution in [-0.2, 0) is 15.6 Å². The van der Waals surface area contributed by atoms with Crippen LogP contribution in [0, 0.1) is 17.9 Å². The predicted molar refractivity (Wildman–Crippen MR) is 125 cm³/mol. The van der Waals surface area contributed by atoms with Crippen LogP contribution in [0.4, 0.5) is 5.69 Å². The largest absolute Gasteiger partial charge is 0.462 e. The molecule has 4 rings (SSSR count). The average molecular weight is 412 g/mol. The summed E-state index contributed by atoms with van der Waals surface area (Å²) in [6, 6.07) is 6.62. The number of ether oxygens (including phenoxy) is 1. The molecule has 0 bridgehead atoms. The smallest absolute Gasteiger partial charge is 0.269 e. The van der Waals surface area contributed by atoms with Crippen LogP contribution in [0.15, 0.2) is 53.1 Å². The first kappa shape index (κ1) is 21.0. The Morgan fingerprint density at radius 1 is 1.10 bits per heavy atom. The quantitative estimate of drug-likeness (QED) is 0.418. The number of rotatable bonds is 2. The zero-order valence-corrected chi connectivity index (χ0v) is 19.0. The molecule has 31 heavy (non-hydrogen) atoms. The van der Waals surface area contributed by atoms with Gasteiger partial charge in [-0.1, -0.05) is 33.8 Å². The molecule has 1 aromatic carbocycles. The third-order valence-electron chi connectivity index (χ3n) is 6.79. The Morgan fingerprint density at radius 3 is 2.26 bits per heavy atom. The van der Waals surface area contributed by atoms with Gasteiger partial charge >= 0.3 is 0 Å². The highest BCUT2D eigenvalue weighted by Crippen LogP contribution is 2.49. The maximum atomic E-state index is 9.21. The van der Waals surface area contributed by atoms with Gasteiger partial charge in [0.25, 0.3) is 5.70 Å². The molecule has 0 aromatic heterocycles. The van der Waals surface area contributed by atoms with E-state index in [0.717, 1.165) is 31.5 Å². The summed E-state index contributed by atoms with van der Waals surface area (Å²) in [6.45, 7) is 20.7. The Bertz CT molecular complexity index is 1090. The molecule has 4 nitrogen and oxygen atoms in total. The summed E-state index contributed by atoms with van der Waals surface area (Å²) in [5, 5.41) is 9.21. The van der Waals surface area contributed by atoms with Gasteiger partial charge in [-0.25, -0.2) is 10.1 Å². The molecule has 158 valence electrons. The molecule has 0 fully saturated rings. The van der Waals surface area contributed by atoms with Gasteiger partial charge in [-0.2, -0.15) is 0 Å². The Morgan fingerprint density at radius 2 is 1.71 bits per heavy atom. The summed E-state index contributed by atoms with van der Waals surface area (Å²) in [4.78, 5) is 5.90. The number of hydrogen-bond acceptors (Lipinski definition) is 3. The van der Waals surface area contributed by atoms with E-state index in [1.54, 1.807) is 12.2 Å². The van der Waals surface area contributed by atoms with E-state index >= 15 is 0 Å². The van der Waals surface area contributed by atoms with Crippen molar-refractivity contribution < 1.29 is 4.74 Å². The summed E-state index contributed by atoms with van der Waals surface area (Å²) in [5.41, 5.74) is 6.42. The molecule has 0 atom stereocenters. The molecule has 0 unspecified atom stereocenters. The highest BCUT2D eigenvalue weighted by molar-refractivity contribution is 5.72. The van der Waals surface area contributed by atoms with Crippen LogP contribution in [0.5, 0.6) is 0 Å². The van der Waals surface area contributed by atoms with E-state index in [-0.39, 0.29) is 16.5 Å². The fraction of sp³-hybridized carbons (Fsp3) is 0.407. The van der Waals surface area contributed by atoms with Gasteiger partial charge in [0.1, 0.15) is 11.5 Å². The van der Waals surface area contributed by atoms with Crippen LogP contribution in [0.2, 0.25) is 0 Å². The van der Waals surface area contributed by atoms with Gasteiger partial charge in [-0.3, -0.25) is 0 Å². The van der Waals surface area contributed by atoms with Gasteiger partial charge < -0.3 is 9.64 Å². The van der Waals surface area contributed by atoms with Crippen molar-refractivity contribution in [1.82, 2.24) is 0 Å². The summed E-state index contributed by atoms with van der Waals surface area (Å²) in [7, 11) is 0. The number of nitriles is 1. The van der Waals surface area contributed by atoms with Gasteiger partial charge in [0, 0.05) is 18.8 Å². The highest BCUT2D eigenvalue weighted by atomic mass is 16.5. The topological polar surface area (TPSA) is 40.6 Å². The van der Waals surface area contributed by atoms with Crippen molar-refractivity contribution in [3.8, 4) is 6.07 Å². The first-order valence-corrected chi connectivity index (χ1v) is 10.9. The van der Waals surface area contributed by atoms with Crippen LogP contribution in [0.25, 0.3) is 10.9 Å². The highest BCUT2D eigenvalue weighted by Gasteiger charge is 2.39. The first-order valence-electron chi connectivity index (χ1n) is 10.9. The lowest BCUT2D eigenvalue weighted by Crippen LogP contribution is -2.44. The molecule has 4 heteroatoms. The van der Waals surface area contributed by atoms with Crippen LogP contribution < -0.4 is 4.90 Å². The second-order valence-electron chi connectivity index (χ2n) is 9.98.